The van der Waals surface area contributed by atoms with Gasteiger partial charge in [0.05, 0.1) is 17.9 Å². The third-order valence-electron chi connectivity index (χ3n) is 7.32. The van der Waals surface area contributed by atoms with E-state index in [0.717, 1.165) is 25.7 Å². The first kappa shape index (κ1) is 23.0. The van der Waals surface area contributed by atoms with Gasteiger partial charge in [-0.05, 0) is 26.7 Å². The molecule has 0 aromatic heterocycles. The van der Waals surface area contributed by atoms with Gasteiger partial charge in [0.25, 0.3) is 0 Å². The molecule has 0 saturated carbocycles. The Morgan fingerprint density at radius 1 is 1.06 bits per heavy atom. The van der Waals surface area contributed by atoms with E-state index in [1.165, 1.54) is 0 Å². The van der Waals surface area contributed by atoms with Gasteiger partial charge in [-0.1, -0.05) is 37.1 Å². The molecule has 8 heteroatoms. The Morgan fingerprint density at radius 3 is 2.53 bits per heavy atom. The molecule has 2 saturated heterocycles. The predicted octanol–water partition coefficient (Wildman–Crippen LogP) is 0.955. The molecular weight excluding hydrogens is 410 g/mol. The summed E-state index contributed by atoms with van der Waals surface area (Å²) in [6.07, 6.45) is 10.3. The van der Waals surface area contributed by atoms with Crippen LogP contribution in [0.2, 0.25) is 0 Å². The number of unbranched alkanes of at least 4 members (excludes halogenated alkanes) is 3. The van der Waals surface area contributed by atoms with Crippen LogP contribution in [-0.4, -0.2) is 94.6 Å². The van der Waals surface area contributed by atoms with Crippen molar-refractivity contribution in [3.63, 3.8) is 0 Å². The van der Waals surface area contributed by atoms with Gasteiger partial charge in [-0.3, -0.25) is 14.4 Å². The van der Waals surface area contributed by atoms with Crippen molar-refractivity contribution < 1.29 is 24.2 Å². The second-order valence-corrected chi connectivity index (χ2v) is 9.65. The molecule has 2 fully saturated rings. The van der Waals surface area contributed by atoms with E-state index in [4.69, 9.17) is 9.84 Å². The highest BCUT2D eigenvalue weighted by atomic mass is 16.5. The van der Waals surface area contributed by atoms with E-state index < -0.39 is 29.6 Å². The number of likely N-dealkylation sites (tertiary alicyclic amines) is 1. The Kier molecular flexibility index (Phi) is 6.45. The highest BCUT2D eigenvalue weighted by molar-refractivity contribution is 5.99. The number of ether oxygens (including phenoxy) is 1. The van der Waals surface area contributed by atoms with Crippen molar-refractivity contribution in [2.24, 2.45) is 11.8 Å². The van der Waals surface area contributed by atoms with Crippen LogP contribution in [-0.2, 0) is 19.1 Å². The number of fused-ring (bicyclic) bond motifs is 2. The van der Waals surface area contributed by atoms with Gasteiger partial charge in [0, 0.05) is 39.3 Å². The molecule has 4 aliphatic rings. The number of hydrogen-bond acceptors (Lipinski definition) is 5. The van der Waals surface area contributed by atoms with Gasteiger partial charge in [0.2, 0.25) is 17.7 Å². The molecule has 1 N–H and O–H groups in total. The predicted molar refractivity (Wildman–Crippen MR) is 118 cm³/mol. The van der Waals surface area contributed by atoms with E-state index in [2.05, 4.69) is 0 Å². The number of carbonyl (C=O) groups is 3. The number of amides is 3. The smallest absolute Gasteiger partial charge is 0.249 e. The van der Waals surface area contributed by atoms with Gasteiger partial charge >= 0.3 is 0 Å². The van der Waals surface area contributed by atoms with Crippen LogP contribution in [0.15, 0.2) is 24.3 Å². The second-order valence-electron chi connectivity index (χ2n) is 9.65. The van der Waals surface area contributed by atoms with Gasteiger partial charge in [-0.25, -0.2) is 0 Å². The van der Waals surface area contributed by atoms with Crippen LogP contribution in [0.25, 0.3) is 0 Å². The minimum Gasteiger partial charge on any atom is -0.396 e. The molecule has 0 aromatic carbocycles. The highest BCUT2D eigenvalue weighted by Gasteiger charge is 2.71. The first-order valence-corrected chi connectivity index (χ1v) is 11.8. The number of rotatable bonds is 7. The molecule has 4 heterocycles. The Balaban J connectivity index is 1.71. The van der Waals surface area contributed by atoms with Crippen LogP contribution >= 0.6 is 0 Å². The van der Waals surface area contributed by atoms with Crippen LogP contribution in [0.3, 0.4) is 0 Å². The Bertz CT molecular complexity index is 824. The monoisotopic (exact) mass is 445 g/mol. The number of carbonyl (C=O) groups excluding carboxylic acids is 3. The zero-order chi connectivity index (χ0) is 23.0. The summed E-state index contributed by atoms with van der Waals surface area (Å²) in [5.41, 5.74) is -1.13. The highest BCUT2D eigenvalue weighted by Crippen LogP contribution is 2.53. The summed E-state index contributed by atoms with van der Waals surface area (Å²) >= 11 is 0. The van der Waals surface area contributed by atoms with Crippen molar-refractivity contribution in [2.45, 2.75) is 63.3 Å². The number of aliphatic hydroxyl groups is 1. The van der Waals surface area contributed by atoms with Crippen molar-refractivity contribution >= 4 is 17.7 Å². The SMILES string of the molecule is CC(C)N1CC=C[C@]23O[C@@H]4C=CCN(C)C(=O)[C@@H]4[C@H]2C(=O)N(CCCCCCO)C3C1=O. The molecule has 176 valence electrons. The standard InChI is InChI=1S/C24H35N3O5/c1-16(2)26-14-9-11-24-19(18-17(32-24)10-8-12-25(3)21(18)29)22(30)27(20(24)23(26)31)13-6-4-5-7-15-28/h8-11,16-20,28H,4-7,12-15H2,1-3H3/t17-,18+,19+,20?,24+/m1/s1. The van der Waals surface area contributed by atoms with E-state index in [9.17, 15) is 14.4 Å². The number of likely N-dealkylation sites (N-methyl/N-ethyl adjacent to an activating group) is 1. The summed E-state index contributed by atoms with van der Waals surface area (Å²) in [7, 11) is 1.74. The van der Waals surface area contributed by atoms with E-state index >= 15 is 0 Å². The lowest BCUT2D eigenvalue weighted by molar-refractivity contribution is -0.149. The lowest BCUT2D eigenvalue weighted by Crippen LogP contribution is -2.56. The van der Waals surface area contributed by atoms with Gasteiger partial charge < -0.3 is 24.5 Å². The Hall–Kier alpha value is -2.19. The van der Waals surface area contributed by atoms with Crippen LogP contribution in [0, 0.1) is 11.8 Å². The summed E-state index contributed by atoms with van der Waals surface area (Å²) in [4.78, 5) is 46.0. The van der Waals surface area contributed by atoms with E-state index in [-0.39, 0.29) is 30.4 Å². The van der Waals surface area contributed by atoms with E-state index in [0.29, 0.717) is 19.6 Å². The van der Waals surface area contributed by atoms with Crippen LogP contribution in [0.4, 0.5) is 0 Å². The quantitative estimate of drug-likeness (QED) is 0.466. The lowest BCUT2D eigenvalue weighted by Gasteiger charge is -2.36. The third kappa shape index (κ3) is 3.57. The van der Waals surface area contributed by atoms with E-state index in [1.807, 2.05) is 38.2 Å². The molecule has 0 bridgehead atoms. The van der Waals surface area contributed by atoms with Gasteiger partial charge in [0.1, 0.15) is 11.6 Å². The summed E-state index contributed by atoms with van der Waals surface area (Å²) in [6, 6.07) is -0.778. The van der Waals surface area contributed by atoms with Crippen molar-refractivity contribution in [1.82, 2.24) is 14.7 Å². The molecule has 3 amide bonds. The fraction of sp³-hybridized carbons (Fsp3) is 0.708. The number of aliphatic hydroxyl groups excluding tert-OH is 1. The van der Waals surface area contributed by atoms with Gasteiger partial charge in [-0.2, -0.15) is 0 Å². The number of nitrogens with zero attached hydrogens (tertiary/aromatic N) is 3. The van der Waals surface area contributed by atoms with Crippen LogP contribution in [0.1, 0.15) is 39.5 Å². The van der Waals surface area contributed by atoms with Crippen molar-refractivity contribution in [3.8, 4) is 0 Å². The molecule has 0 aromatic rings. The van der Waals surface area contributed by atoms with Gasteiger partial charge in [-0.15, -0.1) is 0 Å². The molecular formula is C24H35N3O5. The Morgan fingerprint density at radius 2 is 1.81 bits per heavy atom. The normalized spacial score (nSPS) is 34.2. The summed E-state index contributed by atoms with van der Waals surface area (Å²) in [6.45, 7) is 5.48. The minimum absolute atomic E-state index is 0.0117. The Labute approximate surface area is 189 Å². The average molecular weight is 446 g/mol. The van der Waals surface area contributed by atoms with Crippen LogP contribution in [0.5, 0.6) is 0 Å². The van der Waals surface area contributed by atoms with Crippen LogP contribution < -0.4 is 0 Å². The summed E-state index contributed by atoms with van der Waals surface area (Å²) < 4.78 is 6.54. The van der Waals surface area contributed by atoms with Gasteiger partial charge in [0.15, 0.2) is 0 Å². The van der Waals surface area contributed by atoms with Crippen molar-refractivity contribution in [2.75, 3.05) is 33.3 Å². The minimum atomic E-state index is -1.13. The maximum atomic E-state index is 13.8. The summed E-state index contributed by atoms with van der Waals surface area (Å²) in [5, 5.41) is 9.03. The van der Waals surface area contributed by atoms with Crippen molar-refractivity contribution in [3.05, 3.63) is 24.3 Å². The molecule has 1 spiro atoms. The molecule has 8 nitrogen and oxygen atoms in total. The average Bonchev–Trinajstić information content (AvgIpc) is 3.07. The number of hydrogen-bond donors (Lipinski definition) is 1. The first-order valence-electron chi connectivity index (χ1n) is 11.8. The zero-order valence-corrected chi connectivity index (χ0v) is 19.3. The maximum Gasteiger partial charge on any atom is 0.249 e. The molecule has 32 heavy (non-hydrogen) atoms. The summed E-state index contributed by atoms with van der Waals surface area (Å²) in [5.74, 6) is -1.72. The zero-order valence-electron chi connectivity index (χ0n) is 19.3. The van der Waals surface area contributed by atoms with Crippen molar-refractivity contribution in [1.29, 1.82) is 0 Å². The molecule has 4 rings (SSSR count). The topological polar surface area (TPSA) is 90.4 Å². The lowest BCUT2D eigenvalue weighted by atomic mass is 9.77. The maximum absolute atomic E-state index is 13.8. The fourth-order valence-electron chi connectivity index (χ4n) is 5.73. The second kappa shape index (κ2) is 8.98. The fourth-order valence-corrected chi connectivity index (χ4v) is 5.73. The first-order chi connectivity index (χ1) is 15.3. The molecule has 0 aliphatic carbocycles. The third-order valence-corrected chi connectivity index (χ3v) is 7.32. The molecule has 4 aliphatic heterocycles. The van der Waals surface area contributed by atoms with E-state index in [1.54, 1.807) is 21.7 Å². The largest absolute Gasteiger partial charge is 0.396 e. The molecule has 5 atom stereocenters. The molecule has 0 radical (unpaired) electrons. The molecule has 1 unspecified atom stereocenters.